The van der Waals surface area contributed by atoms with Crippen LogP contribution in [0.5, 0.6) is 5.75 Å². The van der Waals surface area contributed by atoms with Crippen molar-refractivity contribution in [2.75, 3.05) is 7.11 Å². The highest BCUT2D eigenvalue weighted by molar-refractivity contribution is 7.89. The van der Waals surface area contributed by atoms with Crippen LogP contribution in [-0.4, -0.2) is 15.5 Å². The minimum absolute atomic E-state index is 0. The summed E-state index contributed by atoms with van der Waals surface area (Å²) in [6.07, 6.45) is 0. The number of ether oxygens (including phenoxy) is 1. The molecule has 0 radical (unpaired) electrons. The van der Waals surface area contributed by atoms with Crippen molar-refractivity contribution in [3.8, 4) is 5.75 Å². The van der Waals surface area contributed by atoms with E-state index in [-0.39, 0.29) is 23.8 Å². The Bertz CT molecular complexity index is 838. The van der Waals surface area contributed by atoms with E-state index in [0.717, 1.165) is 24.2 Å². The summed E-state index contributed by atoms with van der Waals surface area (Å²) in [7, 11) is -2.16. The smallest absolute Gasteiger partial charge is 0.244 e. The van der Waals surface area contributed by atoms with Gasteiger partial charge < -0.3 is 10.1 Å². The third kappa shape index (κ3) is 3.89. The first-order valence-corrected chi connectivity index (χ1v) is 8.93. The van der Waals surface area contributed by atoms with Crippen LogP contribution in [0.1, 0.15) is 22.3 Å². The van der Waals surface area contributed by atoms with Gasteiger partial charge >= 0.3 is 0 Å². The van der Waals surface area contributed by atoms with Crippen molar-refractivity contribution < 1.29 is 13.2 Å². The lowest BCUT2D eigenvalue weighted by molar-refractivity contribution is 0.402. The number of methoxy groups -OCH3 is 1. The molecule has 0 fully saturated rings. The minimum atomic E-state index is -3.63. The second-order valence-electron chi connectivity index (χ2n) is 5.69. The van der Waals surface area contributed by atoms with Crippen molar-refractivity contribution in [1.29, 1.82) is 0 Å². The molecule has 1 aliphatic heterocycles. The first-order chi connectivity index (χ1) is 11.0. The molecule has 3 rings (SSSR count). The summed E-state index contributed by atoms with van der Waals surface area (Å²) >= 11 is 0. The lowest BCUT2D eigenvalue weighted by atomic mass is 10.1. The van der Waals surface area contributed by atoms with Crippen LogP contribution < -0.4 is 14.8 Å². The molecule has 0 bridgehead atoms. The van der Waals surface area contributed by atoms with E-state index in [0.29, 0.717) is 5.75 Å². The van der Waals surface area contributed by atoms with Crippen molar-refractivity contribution in [2.24, 2.45) is 0 Å². The van der Waals surface area contributed by atoms with E-state index in [4.69, 9.17) is 4.74 Å². The Kier molecular flexibility index (Phi) is 5.87. The van der Waals surface area contributed by atoms with Gasteiger partial charge in [0.1, 0.15) is 10.6 Å². The van der Waals surface area contributed by atoms with Crippen molar-refractivity contribution >= 4 is 22.4 Å². The molecule has 24 heavy (non-hydrogen) atoms. The lowest BCUT2D eigenvalue weighted by Gasteiger charge is -2.12. The average molecular weight is 369 g/mol. The summed E-state index contributed by atoms with van der Waals surface area (Å²) < 4.78 is 33.0. The number of hydrogen-bond donors (Lipinski definition) is 2. The topological polar surface area (TPSA) is 67.4 Å². The number of sulfonamides is 1. The Morgan fingerprint density at radius 3 is 2.62 bits per heavy atom. The molecule has 2 N–H and O–H groups in total. The molecule has 130 valence electrons. The molecule has 1 heterocycles. The molecule has 2 aromatic carbocycles. The van der Waals surface area contributed by atoms with E-state index in [1.165, 1.54) is 18.2 Å². The van der Waals surface area contributed by atoms with Gasteiger partial charge in [0, 0.05) is 19.6 Å². The molecule has 2 aromatic rings. The van der Waals surface area contributed by atoms with Crippen LogP contribution in [0.2, 0.25) is 0 Å². The van der Waals surface area contributed by atoms with Crippen LogP contribution in [-0.2, 0) is 29.7 Å². The van der Waals surface area contributed by atoms with Gasteiger partial charge in [-0.1, -0.05) is 24.3 Å². The van der Waals surface area contributed by atoms with E-state index in [1.54, 1.807) is 12.1 Å². The fourth-order valence-electron chi connectivity index (χ4n) is 2.71. The molecule has 1 aliphatic rings. The Morgan fingerprint density at radius 1 is 1.12 bits per heavy atom. The Hall–Kier alpha value is -1.60. The number of nitrogens with one attached hydrogen (secondary N) is 2. The molecule has 0 unspecified atom stereocenters. The summed E-state index contributed by atoms with van der Waals surface area (Å²) in [4.78, 5) is 0.169. The highest BCUT2D eigenvalue weighted by Gasteiger charge is 2.19. The SMILES string of the molecule is COc1ccc(C)cc1S(=O)(=O)NCc1ccc2c(c1)CNC2.Cl. The molecule has 0 aliphatic carbocycles. The quantitative estimate of drug-likeness (QED) is 0.851. The van der Waals surface area contributed by atoms with Crippen LogP contribution in [0, 0.1) is 6.92 Å². The summed E-state index contributed by atoms with van der Waals surface area (Å²) in [5.41, 5.74) is 4.32. The maximum atomic E-state index is 12.6. The van der Waals surface area contributed by atoms with Crippen LogP contribution in [0.15, 0.2) is 41.3 Å². The van der Waals surface area contributed by atoms with Gasteiger partial charge in [-0.3, -0.25) is 0 Å². The van der Waals surface area contributed by atoms with Gasteiger partial charge in [-0.2, -0.15) is 0 Å². The third-order valence-corrected chi connectivity index (χ3v) is 5.40. The predicted molar refractivity (Wildman–Crippen MR) is 96.0 cm³/mol. The number of hydrogen-bond acceptors (Lipinski definition) is 4. The van der Waals surface area contributed by atoms with Crippen LogP contribution >= 0.6 is 12.4 Å². The largest absolute Gasteiger partial charge is 0.495 e. The van der Waals surface area contributed by atoms with Crippen molar-refractivity contribution in [3.05, 3.63) is 58.7 Å². The van der Waals surface area contributed by atoms with Crippen LogP contribution in [0.4, 0.5) is 0 Å². The molecule has 0 atom stereocenters. The fourth-order valence-corrected chi connectivity index (χ4v) is 3.98. The van der Waals surface area contributed by atoms with Gasteiger partial charge in [-0.25, -0.2) is 13.1 Å². The summed E-state index contributed by atoms with van der Waals surface area (Å²) in [5, 5.41) is 3.28. The fraction of sp³-hybridized carbons (Fsp3) is 0.294. The molecule has 7 heteroatoms. The Balaban J connectivity index is 0.00000208. The molecule has 0 saturated carbocycles. The van der Waals surface area contributed by atoms with E-state index in [9.17, 15) is 8.42 Å². The number of fused-ring (bicyclic) bond motifs is 1. The zero-order valence-electron chi connectivity index (χ0n) is 13.6. The highest BCUT2D eigenvalue weighted by atomic mass is 35.5. The van der Waals surface area contributed by atoms with Crippen molar-refractivity contribution in [2.45, 2.75) is 31.5 Å². The number of aryl methyl sites for hydroxylation is 1. The van der Waals surface area contributed by atoms with Crippen LogP contribution in [0.25, 0.3) is 0 Å². The molecular weight excluding hydrogens is 348 g/mol. The van der Waals surface area contributed by atoms with E-state index >= 15 is 0 Å². The number of benzene rings is 2. The van der Waals surface area contributed by atoms with Crippen molar-refractivity contribution in [3.63, 3.8) is 0 Å². The Labute approximate surface area is 148 Å². The predicted octanol–water partition coefficient (Wildman–Crippen LogP) is 2.51. The second-order valence-corrected chi connectivity index (χ2v) is 7.42. The third-order valence-electron chi connectivity index (χ3n) is 3.98. The summed E-state index contributed by atoms with van der Waals surface area (Å²) in [6.45, 7) is 3.82. The normalized spacial score (nSPS) is 13.2. The monoisotopic (exact) mass is 368 g/mol. The Morgan fingerprint density at radius 2 is 1.88 bits per heavy atom. The highest BCUT2D eigenvalue weighted by Crippen LogP contribution is 2.25. The van der Waals surface area contributed by atoms with E-state index in [2.05, 4.69) is 10.0 Å². The van der Waals surface area contributed by atoms with E-state index < -0.39 is 10.0 Å². The van der Waals surface area contributed by atoms with Crippen LogP contribution in [0.3, 0.4) is 0 Å². The first kappa shape index (κ1) is 18.7. The first-order valence-electron chi connectivity index (χ1n) is 7.45. The molecule has 5 nitrogen and oxygen atoms in total. The maximum Gasteiger partial charge on any atom is 0.244 e. The number of halogens is 1. The summed E-state index contributed by atoms with van der Waals surface area (Å²) in [6, 6.07) is 11.2. The standard InChI is InChI=1S/C17H20N2O3S.ClH/c1-12-3-6-16(22-2)17(7-12)23(20,21)19-9-13-4-5-14-10-18-11-15(14)8-13;/h3-8,18-19H,9-11H2,1-2H3;1H. The van der Waals surface area contributed by atoms with Gasteiger partial charge in [0.25, 0.3) is 0 Å². The molecule has 0 spiro atoms. The molecule has 0 aromatic heterocycles. The van der Waals surface area contributed by atoms with Gasteiger partial charge in [0.05, 0.1) is 7.11 Å². The van der Waals surface area contributed by atoms with Gasteiger partial charge in [0.2, 0.25) is 10.0 Å². The molecule has 0 saturated heterocycles. The van der Waals surface area contributed by atoms with Crippen molar-refractivity contribution in [1.82, 2.24) is 10.0 Å². The molecular formula is C17H21ClN2O3S. The zero-order valence-corrected chi connectivity index (χ0v) is 15.3. The second kappa shape index (κ2) is 7.53. The number of rotatable bonds is 5. The average Bonchev–Trinajstić information content (AvgIpc) is 3.00. The maximum absolute atomic E-state index is 12.6. The zero-order chi connectivity index (χ0) is 16.4. The van der Waals surface area contributed by atoms with Gasteiger partial charge in [0.15, 0.2) is 0 Å². The van der Waals surface area contributed by atoms with E-state index in [1.807, 2.05) is 31.2 Å². The lowest BCUT2D eigenvalue weighted by Crippen LogP contribution is -2.24. The van der Waals surface area contributed by atoms with Gasteiger partial charge in [-0.15, -0.1) is 12.4 Å². The molecule has 0 amide bonds. The van der Waals surface area contributed by atoms with Gasteiger partial charge in [-0.05, 0) is 41.3 Å². The summed E-state index contributed by atoms with van der Waals surface area (Å²) in [5.74, 6) is 0.348. The minimum Gasteiger partial charge on any atom is -0.495 e.